The van der Waals surface area contributed by atoms with E-state index in [4.69, 9.17) is 5.11 Å². The van der Waals surface area contributed by atoms with Crippen molar-refractivity contribution in [1.82, 2.24) is 15.1 Å². The van der Waals surface area contributed by atoms with E-state index in [1.165, 1.54) is 25.7 Å². The van der Waals surface area contributed by atoms with Gasteiger partial charge in [0.25, 0.3) is 5.91 Å². The van der Waals surface area contributed by atoms with E-state index in [0.29, 0.717) is 17.4 Å². The number of nitrogens with one attached hydrogen (secondary N) is 1. The molecule has 0 aliphatic heterocycles. The second kappa shape index (κ2) is 7.08. The summed E-state index contributed by atoms with van der Waals surface area (Å²) in [5.74, 6) is 0.00194. The smallest absolute Gasteiger partial charge is 0.303 e. The van der Waals surface area contributed by atoms with Crippen molar-refractivity contribution in [2.75, 3.05) is 6.54 Å². The molecule has 1 amide bonds. The molecule has 2 N–H and O–H groups in total. The van der Waals surface area contributed by atoms with Crippen LogP contribution in [0.25, 0.3) is 5.69 Å². The van der Waals surface area contributed by atoms with Gasteiger partial charge < -0.3 is 10.4 Å². The fraction of sp³-hybridized carbons (Fsp3) is 0.500. The van der Waals surface area contributed by atoms with Crippen molar-refractivity contribution in [3.8, 4) is 5.69 Å². The fourth-order valence-corrected chi connectivity index (χ4v) is 4.22. The number of hydrogen-bond acceptors (Lipinski definition) is 3. The van der Waals surface area contributed by atoms with Crippen molar-refractivity contribution < 1.29 is 14.7 Å². The van der Waals surface area contributed by atoms with Crippen molar-refractivity contribution in [1.29, 1.82) is 0 Å². The maximum atomic E-state index is 12.5. The van der Waals surface area contributed by atoms with Gasteiger partial charge in [-0.15, -0.1) is 0 Å². The summed E-state index contributed by atoms with van der Waals surface area (Å²) in [5.41, 5.74) is 4.68. The first-order valence-electron chi connectivity index (χ1n) is 10.1. The quantitative estimate of drug-likeness (QED) is 0.734. The molecule has 1 heterocycles. The highest BCUT2D eigenvalue weighted by molar-refractivity contribution is 5.94. The molecule has 2 fully saturated rings. The molecule has 0 spiro atoms. The van der Waals surface area contributed by atoms with Crippen LogP contribution >= 0.6 is 0 Å². The number of amides is 1. The molecular weight excluding hydrogens is 354 g/mol. The zero-order valence-corrected chi connectivity index (χ0v) is 16.5. The SMILES string of the molecule is Cc1nn(-c2ccc(C(=O)NCC3(C4CC4)CC3)cc2)c(C)c1CCC(=O)O. The minimum atomic E-state index is -0.809. The van der Waals surface area contributed by atoms with E-state index < -0.39 is 5.97 Å². The molecule has 4 rings (SSSR count). The Labute approximate surface area is 164 Å². The average Bonchev–Trinajstić information content (AvgIpc) is 3.57. The summed E-state index contributed by atoms with van der Waals surface area (Å²) in [6.07, 6.45) is 5.70. The highest BCUT2D eigenvalue weighted by Gasteiger charge is 2.53. The number of hydrogen-bond donors (Lipinski definition) is 2. The summed E-state index contributed by atoms with van der Waals surface area (Å²) < 4.78 is 1.82. The van der Waals surface area contributed by atoms with E-state index in [2.05, 4.69) is 10.4 Å². The first-order chi connectivity index (χ1) is 13.4. The lowest BCUT2D eigenvalue weighted by Crippen LogP contribution is -2.31. The zero-order valence-electron chi connectivity index (χ0n) is 16.5. The van der Waals surface area contributed by atoms with Crippen LogP contribution in [0.2, 0.25) is 0 Å². The van der Waals surface area contributed by atoms with Crippen LogP contribution in [0.4, 0.5) is 0 Å². The first-order valence-corrected chi connectivity index (χ1v) is 10.1. The van der Waals surface area contributed by atoms with Crippen molar-refractivity contribution in [3.05, 3.63) is 46.8 Å². The molecule has 2 aliphatic rings. The Hall–Kier alpha value is -2.63. The van der Waals surface area contributed by atoms with Crippen LogP contribution in [0.5, 0.6) is 0 Å². The monoisotopic (exact) mass is 381 g/mol. The molecule has 6 heteroatoms. The molecule has 6 nitrogen and oxygen atoms in total. The summed E-state index contributed by atoms with van der Waals surface area (Å²) in [7, 11) is 0. The van der Waals surface area contributed by atoms with Gasteiger partial charge in [0.1, 0.15) is 0 Å². The maximum Gasteiger partial charge on any atom is 0.303 e. The van der Waals surface area contributed by atoms with E-state index in [1.54, 1.807) is 0 Å². The lowest BCUT2D eigenvalue weighted by Gasteiger charge is -2.15. The van der Waals surface area contributed by atoms with E-state index in [1.807, 2.05) is 42.8 Å². The summed E-state index contributed by atoms with van der Waals surface area (Å²) >= 11 is 0. The van der Waals surface area contributed by atoms with Gasteiger partial charge in [0.15, 0.2) is 0 Å². The Balaban J connectivity index is 1.43. The minimum absolute atomic E-state index is 0.0195. The van der Waals surface area contributed by atoms with Crippen molar-refractivity contribution in [3.63, 3.8) is 0 Å². The van der Waals surface area contributed by atoms with E-state index in [9.17, 15) is 9.59 Å². The molecule has 28 heavy (non-hydrogen) atoms. The highest BCUT2D eigenvalue weighted by Crippen LogP contribution is 2.60. The summed E-state index contributed by atoms with van der Waals surface area (Å²) in [5, 5.41) is 16.6. The molecule has 0 radical (unpaired) electrons. The van der Waals surface area contributed by atoms with E-state index in [0.717, 1.165) is 35.1 Å². The molecule has 0 saturated heterocycles. The van der Waals surface area contributed by atoms with E-state index in [-0.39, 0.29) is 12.3 Å². The Morgan fingerprint density at radius 2 is 1.89 bits per heavy atom. The predicted octanol–water partition coefficient (Wildman–Crippen LogP) is 3.43. The second-order valence-electron chi connectivity index (χ2n) is 8.32. The van der Waals surface area contributed by atoms with Crippen molar-refractivity contribution in [2.24, 2.45) is 11.3 Å². The Bertz CT molecular complexity index is 906. The zero-order chi connectivity index (χ0) is 19.9. The first kappa shape index (κ1) is 18.7. The number of aliphatic carboxylic acids is 1. The number of nitrogens with zero attached hydrogens (tertiary/aromatic N) is 2. The normalized spacial score (nSPS) is 17.4. The second-order valence-corrected chi connectivity index (χ2v) is 8.32. The number of carbonyl (C=O) groups is 2. The van der Waals surface area contributed by atoms with Crippen molar-refractivity contribution >= 4 is 11.9 Å². The van der Waals surface area contributed by atoms with Crippen LogP contribution < -0.4 is 5.32 Å². The maximum absolute atomic E-state index is 12.5. The van der Waals surface area contributed by atoms with Gasteiger partial charge in [-0.2, -0.15) is 5.10 Å². The third-order valence-corrected chi connectivity index (χ3v) is 6.34. The van der Waals surface area contributed by atoms with Gasteiger partial charge in [0.05, 0.1) is 11.4 Å². The lowest BCUT2D eigenvalue weighted by molar-refractivity contribution is -0.136. The molecule has 148 valence electrons. The van der Waals surface area contributed by atoms with Gasteiger partial charge in [-0.25, -0.2) is 4.68 Å². The molecular formula is C22H27N3O3. The number of aromatic nitrogens is 2. The van der Waals surface area contributed by atoms with Crippen LogP contribution in [0, 0.1) is 25.2 Å². The number of carbonyl (C=O) groups excluding carboxylic acids is 1. The third kappa shape index (κ3) is 3.68. The van der Waals surface area contributed by atoms with Crippen molar-refractivity contribution in [2.45, 2.75) is 52.4 Å². The van der Waals surface area contributed by atoms with Crippen LogP contribution in [-0.2, 0) is 11.2 Å². The number of benzene rings is 1. The number of carboxylic acids is 1. The minimum Gasteiger partial charge on any atom is -0.481 e. The number of aryl methyl sites for hydroxylation is 1. The van der Waals surface area contributed by atoms with Gasteiger partial charge in [-0.1, -0.05) is 0 Å². The van der Waals surface area contributed by atoms with Gasteiger partial charge in [0.2, 0.25) is 0 Å². The van der Waals surface area contributed by atoms with Crippen LogP contribution in [0.3, 0.4) is 0 Å². The lowest BCUT2D eigenvalue weighted by atomic mass is 10.0. The third-order valence-electron chi connectivity index (χ3n) is 6.34. The fourth-order valence-electron chi connectivity index (χ4n) is 4.22. The molecule has 1 aromatic heterocycles. The molecule has 2 saturated carbocycles. The summed E-state index contributed by atoms with van der Waals surface area (Å²) in [4.78, 5) is 23.4. The van der Waals surface area contributed by atoms with E-state index >= 15 is 0 Å². The van der Waals surface area contributed by atoms with Gasteiger partial charge in [-0.05, 0) is 87.1 Å². The number of carboxylic acid groups (broad SMARTS) is 1. The Morgan fingerprint density at radius 3 is 2.46 bits per heavy atom. The predicted molar refractivity (Wildman–Crippen MR) is 106 cm³/mol. The van der Waals surface area contributed by atoms with Crippen LogP contribution in [0.15, 0.2) is 24.3 Å². The molecule has 0 atom stereocenters. The molecule has 1 aromatic carbocycles. The molecule has 0 unspecified atom stereocenters. The largest absolute Gasteiger partial charge is 0.481 e. The molecule has 2 aliphatic carbocycles. The topological polar surface area (TPSA) is 84.2 Å². The van der Waals surface area contributed by atoms with Gasteiger partial charge >= 0.3 is 5.97 Å². The Kier molecular flexibility index (Phi) is 4.73. The van der Waals surface area contributed by atoms with Crippen LogP contribution in [-0.4, -0.2) is 33.3 Å². The standard InChI is InChI=1S/C22H27N3O3/c1-14-19(9-10-20(26)27)15(2)25(24-14)18-7-3-16(4-8-18)21(28)23-13-22(11-12-22)17-5-6-17/h3-4,7-8,17H,5-6,9-13H2,1-2H3,(H,23,28)(H,26,27). The van der Waals surface area contributed by atoms with Gasteiger partial charge in [0, 0.05) is 24.2 Å². The van der Waals surface area contributed by atoms with Gasteiger partial charge in [-0.3, -0.25) is 9.59 Å². The summed E-state index contributed by atoms with van der Waals surface area (Å²) in [6.45, 7) is 4.64. The highest BCUT2D eigenvalue weighted by atomic mass is 16.4. The Morgan fingerprint density at radius 1 is 1.21 bits per heavy atom. The average molecular weight is 381 g/mol. The van der Waals surface area contributed by atoms with Crippen LogP contribution in [0.1, 0.15) is 59.4 Å². The summed E-state index contributed by atoms with van der Waals surface area (Å²) in [6, 6.07) is 7.44. The number of rotatable bonds is 8. The molecule has 0 bridgehead atoms. The molecule has 2 aromatic rings.